The van der Waals surface area contributed by atoms with E-state index in [0.717, 1.165) is 29.8 Å². The van der Waals surface area contributed by atoms with Gasteiger partial charge in [0.2, 0.25) is 0 Å². The number of hydrogen-bond acceptors (Lipinski definition) is 3. The van der Waals surface area contributed by atoms with E-state index in [9.17, 15) is 0 Å². The first-order chi connectivity index (χ1) is 14.2. The van der Waals surface area contributed by atoms with Crippen LogP contribution in [0.1, 0.15) is 65.2 Å². The molecule has 29 heavy (non-hydrogen) atoms. The second-order valence-corrected chi connectivity index (χ2v) is 5.63. The van der Waals surface area contributed by atoms with Crippen LogP contribution in [0.15, 0.2) is 48.7 Å². The quantitative estimate of drug-likeness (QED) is 0.484. The van der Waals surface area contributed by atoms with Crippen LogP contribution in [-0.4, -0.2) is 19.1 Å². The zero-order valence-electron chi connectivity index (χ0n) is 19.9. The first-order valence-corrected chi connectivity index (χ1v) is 11.0. The van der Waals surface area contributed by atoms with E-state index in [1.807, 2.05) is 60.9 Å². The predicted octanol–water partition coefficient (Wildman–Crippen LogP) is 7.52. The molecule has 160 valence electrons. The molecule has 3 nitrogen and oxygen atoms in total. The number of aryl methyl sites for hydroxylation is 1. The monoisotopic (exact) mass is 396 g/mol. The molecule has 0 saturated heterocycles. The topological polar surface area (TPSA) is 34.2 Å². The number of methoxy groups -OCH3 is 1. The zero-order valence-corrected chi connectivity index (χ0v) is 19.9. The Morgan fingerprint density at radius 3 is 2.00 bits per heavy atom. The highest BCUT2D eigenvalue weighted by atomic mass is 16.5. The maximum atomic E-state index is 5.48. The van der Waals surface area contributed by atoms with E-state index in [0.29, 0.717) is 0 Å². The van der Waals surface area contributed by atoms with Crippen molar-refractivity contribution in [3.63, 3.8) is 0 Å². The third-order valence-electron chi connectivity index (χ3n) is 4.25. The van der Waals surface area contributed by atoms with Crippen molar-refractivity contribution in [3.8, 4) is 5.75 Å². The first-order valence-electron chi connectivity index (χ1n) is 11.0. The van der Waals surface area contributed by atoms with E-state index in [2.05, 4.69) is 53.6 Å². The number of anilines is 1. The van der Waals surface area contributed by atoms with Gasteiger partial charge in [0.25, 0.3) is 0 Å². The fourth-order valence-electron chi connectivity index (χ4n) is 2.90. The fraction of sp³-hybridized carbons (Fsp3) is 0.423. The highest BCUT2D eigenvalue weighted by Gasteiger charge is 2.09. The predicted molar refractivity (Wildman–Crippen MR) is 131 cm³/mol. The summed E-state index contributed by atoms with van der Waals surface area (Å²) in [6.07, 6.45) is 3.73. The molecule has 1 N–H and O–H groups in total. The Balaban J connectivity index is 0.00000120. The lowest BCUT2D eigenvalue weighted by molar-refractivity contribution is 0.410. The van der Waals surface area contributed by atoms with E-state index in [1.165, 1.54) is 22.1 Å². The van der Waals surface area contributed by atoms with Crippen molar-refractivity contribution in [1.82, 2.24) is 4.98 Å². The molecule has 1 heterocycles. The number of ether oxygens (including phenoxy) is 1. The van der Waals surface area contributed by atoms with Gasteiger partial charge in [-0.3, -0.25) is 4.98 Å². The minimum Gasteiger partial charge on any atom is -0.496 e. The van der Waals surface area contributed by atoms with Gasteiger partial charge in [0.1, 0.15) is 5.75 Å². The summed E-state index contributed by atoms with van der Waals surface area (Å²) in [5.74, 6) is 0.919. The molecule has 0 amide bonds. The van der Waals surface area contributed by atoms with Crippen molar-refractivity contribution < 1.29 is 4.74 Å². The number of nitrogens with zero attached hydrogens (tertiary/aromatic N) is 1. The molecule has 0 aliphatic rings. The van der Waals surface area contributed by atoms with Crippen molar-refractivity contribution in [1.29, 1.82) is 0 Å². The summed E-state index contributed by atoms with van der Waals surface area (Å²) in [7, 11) is 3.65. The number of pyridine rings is 1. The summed E-state index contributed by atoms with van der Waals surface area (Å²) >= 11 is 0. The van der Waals surface area contributed by atoms with Gasteiger partial charge in [-0.05, 0) is 53.8 Å². The maximum absolute atomic E-state index is 5.48. The molecule has 0 fully saturated rings. The van der Waals surface area contributed by atoms with Gasteiger partial charge in [-0.2, -0.15) is 0 Å². The minimum atomic E-state index is 0.901. The Kier molecular flexibility index (Phi) is 14.0. The van der Waals surface area contributed by atoms with Crippen LogP contribution in [0.2, 0.25) is 0 Å². The molecular formula is C26H40N2O. The average Bonchev–Trinajstić information content (AvgIpc) is 2.82. The SMILES string of the molecule is CC.CC.CC.CCc1cc2c(Cc3ccc(NC)cc3)ccnc2cc1OC. The highest BCUT2D eigenvalue weighted by Crippen LogP contribution is 2.28. The van der Waals surface area contributed by atoms with Crippen LogP contribution in [0.3, 0.4) is 0 Å². The molecule has 0 saturated carbocycles. The molecular weight excluding hydrogens is 356 g/mol. The molecule has 0 aliphatic carbocycles. The normalized spacial score (nSPS) is 9.14. The van der Waals surface area contributed by atoms with Crippen LogP contribution in [0, 0.1) is 0 Å². The number of nitrogens with one attached hydrogen (secondary N) is 1. The van der Waals surface area contributed by atoms with Gasteiger partial charge in [-0.25, -0.2) is 0 Å². The number of benzene rings is 2. The fourth-order valence-corrected chi connectivity index (χ4v) is 2.90. The third-order valence-corrected chi connectivity index (χ3v) is 4.25. The molecule has 1 aromatic heterocycles. The van der Waals surface area contributed by atoms with Crippen LogP contribution in [0.5, 0.6) is 5.75 Å². The number of fused-ring (bicyclic) bond motifs is 1. The minimum absolute atomic E-state index is 0.901. The van der Waals surface area contributed by atoms with E-state index in [-0.39, 0.29) is 0 Å². The zero-order chi connectivity index (χ0) is 22.2. The Hall–Kier alpha value is -2.55. The first kappa shape index (κ1) is 26.4. The molecule has 0 unspecified atom stereocenters. The van der Waals surface area contributed by atoms with E-state index in [1.54, 1.807) is 7.11 Å². The number of hydrogen-bond donors (Lipinski definition) is 1. The maximum Gasteiger partial charge on any atom is 0.124 e. The summed E-state index contributed by atoms with van der Waals surface area (Å²) in [4.78, 5) is 4.50. The van der Waals surface area contributed by atoms with Crippen molar-refractivity contribution >= 4 is 16.6 Å². The molecule has 3 heteroatoms. The van der Waals surface area contributed by atoms with Crippen molar-refractivity contribution in [2.45, 2.75) is 61.3 Å². The molecule has 0 radical (unpaired) electrons. The molecule has 2 aromatic carbocycles. The summed E-state index contributed by atoms with van der Waals surface area (Å²) in [5, 5.41) is 4.36. The van der Waals surface area contributed by atoms with Crippen LogP contribution < -0.4 is 10.1 Å². The third kappa shape index (κ3) is 7.41. The second kappa shape index (κ2) is 15.4. The van der Waals surface area contributed by atoms with E-state index < -0.39 is 0 Å². The van der Waals surface area contributed by atoms with Gasteiger partial charge < -0.3 is 10.1 Å². The van der Waals surface area contributed by atoms with Gasteiger partial charge in [-0.15, -0.1) is 0 Å². The van der Waals surface area contributed by atoms with Crippen LogP contribution in [0.4, 0.5) is 5.69 Å². The summed E-state index contributed by atoms with van der Waals surface area (Å²) in [6.45, 7) is 14.1. The van der Waals surface area contributed by atoms with Gasteiger partial charge in [0.15, 0.2) is 0 Å². The van der Waals surface area contributed by atoms with Gasteiger partial charge in [0.05, 0.1) is 12.6 Å². The molecule has 3 rings (SSSR count). The van der Waals surface area contributed by atoms with Crippen LogP contribution >= 0.6 is 0 Å². The van der Waals surface area contributed by atoms with E-state index in [4.69, 9.17) is 4.74 Å². The van der Waals surface area contributed by atoms with Gasteiger partial charge in [-0.1, -0.05) is 60.6 Å². The lowest BCUT2D eigenvalue weighted by Crippen LogP contribution is -1.96. The summed E-state index contributed by atoms with van der Waals surface area (Å²) < 4.78 is 5.48. The second-order valence-electron chi connectivity index (χ2n) is 5.63. The molecule has 0 spiro atoms. The molecule has 0 atom stereocenters. The van der Waals surface area contributed by atoms with Gasteiger partial charge >= 0.3 is 0 Å². The van der Waals surface area contributed by atoms with Gasteiger partial charge in [0, 0.05) is 30.4 Å². The Bertz CT molecular complexity index is 811. The standard InChI is InChI=1S/C20H22N2O.3C2H6/c1-4-15-12-18-16(9-10-22-19(18)13-20(15)23-3)11-14-5-7-17(21-2)8-6-14;3*1-2/h5-10,12-13,21H,4,11H2,1-3H3;3*1-2H3. The smallest absolute Gasteiger partial charge is 0.124 e. The molecule has 3 aromatic rings. The Morgan fingerprint density at radius 1 is 0.862 bits per heavy atom. The van der Waals surface area contributed by atoms with Crippen molar-refractivity contribution in [2.24, 2.45) is 0 Å². The average molecular weight is 397 g/mol. The number of aromatic nitrogens is 1. The van der Waals surface area contributed by atoms with Crippen molar-refractivity contribution in [2.75, 3.05) is 19.5 Å². The summed E-state index contributed by atoms with van der Waals surface area (Å²) in [5.41, 5.74) is 5.93. The summed E-state index contributed by atoms with van der Waals surface area (Å²) in [6, 6.07) is 14.9. The lowest BCUT2D eigenvalue weighted by Gasteiger charge is -2.12. The largest absolute Gasteiger partial charge is 0.496 e. The van der Waals surface area contributed by atoms with Crippen molar-refractivity contribution in [3.05, 3.63) is 65.4 Å². The van der Waals surface area contributed by atoms with Crippen LogP contribution in [-0.2, 0) is 12.8 Å². The number of rotatable bonds is 5. The molecule has 0 aliphatic heterocycles. The van der Waals surface area contributed by atoms with E-state index >= 15 is 0 Å². The Morgan fingerprint density at radius 2 is 1.48 bits per heavy atom. The highest BCUT2D eigenvalue weighted by molar-refractivity contribution is 5.85. The lowest BCUT2D eigenvalue weighted by atomic mass is 9.98. The van der Waals surface area contributed by atoms with Crippen LogP contribution in [0.25, 0.3) is 10.9 Å². The molecule has 0 bridgehead atoms. The Labute approximate surface area is 178 Å².